The molecular weight excluding hydrogens is 361 g/mol. The second-order valence-corrected chi connectivity index (χ2v) is 6.58. The number of anilines is 1. The van der Waals surface area contributed by atoms with E-state index < -0.39 is 17.6 Å². The molecule has 134 valence electrons. The summed E-state index contributed by atoms with van der Waals surface area (Å²) in [5.41, 5.74) is 3.01. The lowest BCUT2D eigenvalue weighted by Crippen LogP contribution is -2.29. The standard InChI is InChI=1S/C21H16FN3OS/c1-12-6-3-4-9-17(12)25-20(26)18-13(2)24-21(27)16(11-23)19(18)14-7-5-8-15(22)10-14/h3-10,16H,1-2H3,(H,25,26)/t16-/m0/s1. The molecule has 0 saturated heterocycles. The Morgan fingerprint density at radius 2 is 1.96 bits per heavy atom. The van der Waals surface area contributed by atoms with Crippen molar-refractivity contribution in [3.8, 4) is 6.07 Å². The summed E-state index contributed by atoms with van der Waals surface area (Å²) in [6, 6.07) is 15.3. The number of nitrogens with one attached hydrogen (secondary N) is 1. The molecule has 27 heavy (non-hydrogen) atoms. The Hall–Kier alpha value is -3.17. The molecule has 0 spiro atoms. The number of amides is 1. The van der Waals surface area contributed by atoms with Gasteiger partial charge < -0.3 is 5.32 Å². The third-order valence-electron chi connectivity index (χ3n) is 4.33. The predicted octanol–water partition coefficient (Wildman–Crippen LogP) is 4.47. The van der Waals surface area contributed by atoms with Crippen molar-refractivity contribution in [1.82, 2.24) is 0 Å². The molecule has 1 aliphatic rings. The number of carbonyl (C=O) groups excluding carboxylic acids is 1. The van der Waals surface area contributed by atoms with Crippen LogP contribution in [-0.2, 0) is 4.79 Å². The number of thiocarbonyl (C=S) groups is 1. The summed E-state index contributed by atoms with van der Waals surface area (Å²) >= 11 is 5.23. The SMILES string of the molecule is CC1=NC(=S)[C@@H](C#N)C(c2cccc(F)c2)=C1C(=O)Nc1ccccc1C. The molecule has 0 fully saturated rings. The zero-order valence-electron chi connectivity index (χ0n) is 14.8. The average Bonchev–Trinajstić information content (AvgIpc) is 2.63. The minimum absolute atomic E-state index is 0.168. The highest BCUT2D eigenvalue weighted by atomic mass is 32.1. The summed E-state index contributed by atoms with van der Waals surface area (Å²) < 4.78 is 13.8. The highest BCUT2D eigenvalue weighted by Crippen LogP contribution is 2.34. The summed E-state index contributed by atoms with van der Waals surface area (Å²) in [4.78, 5) is 17.5. The quantitative estimate of drug-likeness (QED) is 0.803. The number of rotatable bonds is 3. The van der Waals surface area contributed by atoms with Gasteiger partial charge in [0, 0.05) is 5.69 Å². The van der Waals surface area contributed by atoms with Crippen LogP contribution in [0, 0.1) is 30.0 Å². The fourth-order valence-electron chi connectivity index (χ4n) is 3.02. The van der Waals surface area contributed by atoms with E-state index in [1.165, 1.54) is 18.2 Å². The van der Waals surface area contributed by atoms with Crippen molar-refractivity contribution in [2.75, 3.05) is 5.32 Å². The van der Waals surface area contributed by atoms with Gasteiger partial charge in [0.2, 0.25) is 0 Å². The second-order valence-electron chi connectivity index (χ2n) is 6.17. The van der Waals surface area contributed by atoms with E-state index in [1.54, 1.807) is 19.1 Å². The molecule has 1 N–H and O–H groups in total. The molecule has 1 atom stereocenters. The molecule has 0 aliphatic carbocycles. The molecule has 0 saturated carbocycles. The molecule has 1 aliphatic heterocycles. The first-order chi connectivity index (χ1) is 12.9. The lowest BCUT2D eigenvalue weighted by Gasteiger charge is -2.23. The van der Waals surface area contributed by atoms with Gasteiger partial charge in [-0.15, -0.1) is 0 Å². The van der Waals surface area contributed by atoms with Crippen molar-refractivity contribution in [1.29, 1.82) is 5.26 Å². The normalized spacial score (nSPS) is 16.6. The van der Waals surface area contributed by atoms with E-state index in [2.05, 4.69) is 16.4 Å². The molecule has 0 radical (unpaired) electrons. The van der Waals surface area contributed by atoms with Gasteiger partial charge in [-0.05, 0) is 48.7 Å². The monoisotopic (exact) mass is 377 g/mol. The van der Waals surface area contributed by atoms with Crippen LogP contribution in [0.3, 0.4) is 0 Å². The number of dihydropyridines is 1. The number of benzene rings is 2. The summed E-state index contributed by atoms with van der Waals surface area (Å²) in [7, 11) is 0. The third kappa shape index (κ3) is 3.69. The zero-order valence-corrected chi connectivity index (χ0v) is 15.6. The van der Waals surface area contributed by atoms with Crippen molar-refractivity contribution in [2.45, 2.75) is 13.8 Å². The number of carbonyl (C=O) groups is 1. The van der Waals surface area contributed by atoms with Gasteiger partial charge >= 0.3 is 0 Å². The highest BCUT2D eigenvalue weighted by Gasteiger charge is 2.32. The fourth-order valence-corrected chi connectivity index (χ4v) is 3.33. The van der Waals surface area contributed by atoms with E-state index >= 15 is 0 Å². The number of hydrogen-bond donors (Lipinski definition) is 1. The van der Waals surface area contributed by atoms with Crippen molar-refractivity contribution in [3.63, 3.8) is 0 Å². The molecule has 2 aromatic rings. The molecular formula is C21H16FN3OS. The maximum atomic E-state index is 13.8. The predicted molar refractivity (Wildman–Crippen MR) is 108 cm³/mol. The van der Waals surface area contributed by atoms with Gasteiger partial charge in [0.25, 0.3) is 5.91 Å². The van der Waals surface area contributed by atoms with Crippen LogP contribution in [0.25, 0.3) is 5.57 Å². The van der Waals surface area contributed by atoms with Gasteiger partial charge in [0.05, 0.1) is 17.4 Å². The number of halogens is 1. The van der Waals surface area contributed by atoms with Crippen molar-refractivity contribution >= 4 is 40.1 Å². The Bertz CT molecular complexity index is 1050. The van der Waals surface area contributed by atoms with Gasteiger partial charge in [-0.25, -0.2) is 9.38 Å². The van der Waals surface area contributed by atoms with Crippen LogP contribution in [0.1, 0.15) is 18.1 Å². The minimum Gasteiger partial charge on any atom is -0.322 e. The minimum atomic E-state index is -0.900. The molecule has 1 heterocycles. The Morgan fingerprint density at radius 3 is 2.63 bits per heavy atom. The van der Waals surface area contributed by atoms with Crippen molar-refractivity contribution < 1.29 is 9.18 Å². The van der Waals surface area contributed by atoms with E-state index in [1.807, 2.05) is 25.1 Å². The van der Waals surface area contributed by atoms with Crippen LogP contribution in [0.15, 0.2) is 59.1 Å². The zero-order chi connectivity index (χ0) is 19.6. The number of para-hydroxylation sites is 1. The Labute approximate surface area is 162 Å². The van der Waals surface area contributed by atoms with Crippen LogP contribution in [0.2, 0.25) is 0 Å². The van der Waals surface area contributed by atoms with E-state index in [9.17, 15) is 14.4 Å². The molecule has 4 nitrogen and oxygen atoms in total. The number of aliphatic imine (C=N–C) groups is 1. The molecule has 1 amide bonds. The van der Waals surface area contributed by atoms with Gasteiger partial charge in [-0.1, -0.05) is 42.5 Å². The number of hydrogen-bond acceptors (Lipinski definition) is 3. The van der Waals surface area contributed by atoms with Crippen molar-refractivity contribution in [3.05, 3.63) is 71.0 Å². The maximum Gasteiger partial charge on any atom is 0.257 e. The molecule has 2 aromatic carbocycles. The summed E-state index contributed by atoms with van der Waals surface area (Å²) in [5.74, 6) is -1.77. The lowest BCUT2D eigenvalue weighted by molar-refractivity contribution is -0.112. The van der Waals surface area contributed by atoms with E-state index in [0.717, 1.165) is 5.56 Å². The lowest BCUT2D eigenvalue weighted by atomic mass is 9.84. The second kappa shape index (κ2) is 7.60. The topological polar surface area (TPSA) is 65.2 Å². The molecule has 0 unspecified atom stereocenters. The van der Waals surface area contributed by atoms with Crippen LogP contribution >= 0.6 is 12.2 Å². The van der Waals surface area contributed by atoms with Crippen LogP contribution in [-0.4, -0.2) is 16.6 Å². The smallest absolute Gasteiger partial charge is 0.257 e. The van der Waals surface area contributed by atoms with Gasteiger partial charge in [-0.2, -0.15) is 5.26 Å². The van der Waals surface area contributed by atoms with E-state index in [0.29, 0.717) is 22.5 Å². The number of aryl methyl sites for hydroxylation is 1. The van der Waals surface area contributed by atoms with Gasteiger partial charge in [-0.3, -0.25) is 4.79 Å². The summed E-state index contributed by atoms with van der Waals surface area (Å²) in [6.07, 6.45) is 0. The van der Waals surface area contributed by atoms with Crippen LogP contribution in [0.4, 0.5) is 10.1 Å². The molecule has 6 heteroatoms. The first-order valence-corrected chi connectivity index (χ1v) is 8.69. The van der Waals surface area contributed by atoms with E-state index in [-0.39, 0.29) is 10.6 Å². The molecule has 0 bridgehead atoms. The Morgan fingerprint density at radius 1 is 1.22 bits per heavy atom. The summed E-state index contributed by atoms with van der Waals surface area (Å²) in [6.45, 7) is 3.54. The van der Waals surface area contributed by atoms with Crippen molar-refractivity contribution in [2.24, 2.45) is 10.9 Å². The number of nitrogens with zero attached hydrogens (tertiary/aromatic N) is 2. The average molecular weight is 377 g/mol. The first-order valence-electron chi connectivity index (χ1n) is 8.28. The third-order valence-corrected chi connectivity index (χ3v) is 4.66. The van der Waals surface area contributed by atoms with Gasteiger partial charge in [0.15, 0.2) is 0 Å². The van der Waals surface area contributed by atoms with Crippen LogP contribution < -0.4 is 5.32 Å². The highest BCUT2D eigenvalue weighted by molar-refractivity contribution is 7.80. The fraction of sp³-hybridized carbons (Fsp3) is 0.143. The molecule has 0 aromatic heterocycles. The molecule has 3 rings (SSSR count). The Kier molecular flexibility index (Phi) is 5.24. The first kappa shape index (κ1) is 18.6. The van der Waals surface area contributed by atoms with E-state index in [4.69, 9.17) is 12.2 Å². The van der Waals surface area contributed by atoms with Crippen LogP contribution in [0.5, 0.6) is 0 Å². The largest absolute Gasteiger partial charge is 0.322 e. The van der Waals surface area contributed by atoms with Gasteiger partial charge in [0.1, 0.15) is 16.7 Å². The maximum absolute atomic E-state index is 13.8. The number of nitriles is 1. The summed E-state index contributed by atoms with van der Waals surface area (Å²) in [5, 5.41) is 12.5. The Balaban J connectivity index is 2.16.